The van der Waals surface area contributed by atoms with E-state index in [2.05, 4.69) is 0 Å². The van der Waals surface area contributed by atoms with E-state index in [1.165, 1.54) is 4.90 Å². The van der Waals surface area contributed by atoms with Crippen molar-refractivity contribution in [2.45, 2.75) is 39.7 Å². The Morgan fingerprint density at radius 1 is 1.30 bits per heavy atom. The van der Waals surface area contributed by atoms with Gasteiger partial charge in [-0.05, 0) is 38.0 Å². The van der Waals surface area contributed by atoms with Crippen molar-refractivity contribution in [3.63, 3.8) is 0 Å². The normalized spacial score (nSPS) is 16.8. The SMILES string of the molecule is CCCN(CCC)C(=O)CN1C(=O)C(C)Oc2ccc(Cl)cc21. The van der Waals surface area contributed by atoms with Crippen molar-refractivity contribution in [3.8, 4) is 5.75 Å². The van der Waals surface area contributed by atoms with Gasteiger partial charge in [0, 0.05) is 18.1 Å². The lowest BCUT2D eigenvalue weighted by Gasteiger charge is -2.34. The molecule has 1 aliphatic rings. The number of nitrogens with zero attached hydrogens (tertiary/aromatic N) is 2. The first-order valence-corrected chi connectivity index (χ1v) is 8.41. The van der Waals surface area contributed by atoms with Crippen LogP contribution in [0.3, 0.4) is 0 Å². The number of amides is 2. The summed E-state index contributed by atoms with van der Waals surface area (Å²) in [6.45, 7) is 7.17. The van der Waals surface area contributed by atoms with E-state index < -0.39 is 6.10 Å². The molecule has 1 aromatic carbocycles. The number of halogens is 1. The third-order valence-electron chi connectivity index (χ3n) is 3.76. The minimum Gasteiger partial charge on any atom is -0.479 e. The summed E-state index contributed by atoms with van der Waals surface area (Å²) in [7, 11) is 0. The van der Waals surface area contributed by atoms with Gasteiger partial charge in [0.15, 0.2) is 6.10 Å². The molecular formula is C17H23ClN2O3. The molecule has 2 amide bonds. The van der Waals surface area contributed by atoms with Gasteiger partial charge in [-0.3, -0.25) is 14.5 Å². The highest BCUT2D eigenvalue weighted by Crippen LogP contribution is 2.36. The lowest BCUT2D eigenvalue weighted by atomic mass is 10.2. The topological polar surface area (TPSA) is 49.9 Å². The Morgan fingerprint density at radius 3 is 2.57 bits per heavy atom. The van der Waals surface area contributed by atoms with Crippen molar-refractivity contribution >= 4 is 29.1 Å². The van der Waals surface area contributed by atoms with Crippen LogP contribution in [0.5, 0.6) is 5.75 Å². The standard InChI is InChI=1S/C17H23ClN2O3/c1-4-8-19(9-5-2)16(21)11-20-14-10-13(18)6-7-15(14)23-12(3)17(20)22/h6-7,10,12H,4-5,8-9,11H2,1-3H3. The first kappa shape index (κ1) is 17.6. The monoisotopic (exact) mass is 338 g/mol. The van der Waals surface area contributed by atoms with Crippen molar-refractivity contribution in [1.82, 2.24) is 4.90 Å². The molecule has 0 N–H and O–H groups in total. The second kappa shape index (κ2) is 7.68. The quantitative estimate of drug-likeness (QED) is 0.800. The first-order chi connectivity index (χ1) is 11.0. The van der Waals surface area contributed by atoms with Crippen LogP contribution < -0.4 is 9.64 Å². The first-order valence-electron chi connectivity index (χ1n) is 8.03. The molecule has 23 heavy (non-hydrogen) atoms. The number of carbonyl (C=O) groups excluding carboxylic acids is 2. The van der Waals surface area contributed by atoms with Gasteiger partial charge in [0.1, 0.15) is 12.3 Å². The average molecular weight is 339 g/mol. The number of hydrogen-bond acceptors (Lipinski definition) is 3. The lowest BCUT2D eigenvalue weighted by molar-refractivity contribution is -0.133. The zero-order chi connectivity index (χ0) is 17.0. The summed E-state index contributed by atoms with van der Waals surface area (Å²) in [5, 5.41) is 0.506. The minimum atomic E-state index is -0.609. The van der Waals surface area contributed by atoms with Gasteiger partial charge in [0.2, 0.25) is 5.91 Å². The van der Waals surface area contributed by atoms with Crippen LogP contribution in [0, 0.1) is 0 Å². The van der Waals surface area contributed by atoms with Gasteiger partial charge in [0.25, 0.3) is 5.91 Å². The molecule has 5 nitrogen and oxygen atoms in total. The average Bonchev–Trinajstić information content (AvgIpc) is 2.52. The van der Waals surface area contributed by atoms with Gasteiger partial charge < -0.3 is 9.64 Å². The summed E-state index contributed by atoms with van der Waals surface area (Å²) in [6.07, 6.45) is 1.17. The smallest absolute Gasteiger partial charge is 0.268 e. The molecule has 0 bridgehead atoms. The number of rotatable bonds is 6. The van der Waals surface area contributed by atoms with Gasteiger partial charge in [-0.1, -0.05) is 25.4 Å². The van der Waals surface area contributed by atoms with Gasteiger partial charge in [0.05, 0.1) is 5.69 Å². The molecular weight excluding hydrogens is 316 g/mol. The number of carbonyl (C=O) groups is 2. The van der Waals surface area contributed by atoms with Crippen LogP contribution in [0.4, 0.5) is 5.69 Å². The van der Waals surface area contributed by atoms with Crippen molar-refractivity contribution in [2.24, 2.45) is 0 Å². The zero-order valence-corrected chi connectivity index (χ0v) is 14.6. The Bertz CT molecular complexity index is 585. The number of anilines is 1. The molecule has 0 aromatic heterocycles. The van der Waals surface area contributed by atoms with E-state index >= 15 is 0 Å². The van der Waals surface area contributed by atoms with Crippen molar-refractivity contribution in [3.05, 3.63) is 23.2 Å². The third kappa shape index (κ3) is 3.96. The molecule has 1 unspecified atom stereocenters. The molecule has 0 fully saturated rings. The number of benzene rings is 1. The van der Waals surface area contributed by atoms with Crippen LogP contribution in [0.2, 0.25) is 5.02 Å². The van der Waals surface area contributed by atoms with Gasteiger partial charge in [-0.2, -0.15) is 0 Å². The molecule has 126 valence electrons. The number of fused-ring (bicyclic) bond motifs is 1. The van der Waals surface area contributed by atoms with E-state index in [1.807, 2.05) is 13.8 Å². The third-order valence-corrected chi connectivity index (χ3v) is 4.00. The van der Waals surface area contributed by atoms with E-state index in [-0.39, 0.29) is 18.4 Å². The van der Waals surface area contributed by atoms with Gasteiger partial charge >= 0.3 is 0 Å². The highest BCUT2D eigenvalue weighted by Gasteiger charge is 2.33. The highest BCUT2D eigenvalue weighted by atomic mass is 35.5. The van der Waals surface area contributed by atoms with E-state index in [0.717, 1.165) is 12.8 Å². The highest BCUT2D eigenvalue weighted by molar-refractivity contribution is 6.31. The van der Waals surface area contributed by atoms with Crippen LogP contribution in [0.25, 0.3) is 0 Å². The van der Waals surface area contributed by atoms with Crippen molar-refractivity contribution in [2.75, 3.05) is 24.5 Å². The molecule has 2 rings (SSSR count). The summed E-state index contributed by atoms with van der Waals surface area (Å²) in [5.41, 5.74) is 0.557. The molecule has 0 aliphatic carbocycles. The Morgan fingerprint density at radius 2 is 1.96 bits per heavy atom. The molecule has 6 heteroatoms. The molecule has 1 aromatic rings. The molecule has 0 radical (unpaired) electrons. The number of ether oxygens (including phenoxy) is 1. The van der Waals surface area contributed by atoms with E-state index in [0.29, 0.717) is 29.5 Å². The van der Waals surface area contributed by atoms with Gasteiger partial charge in [-0.15, -0.1) is 0 Å². The molecule has 1 aliphatic heterocycles. The Kier molecular flexibility index (Phi) is 5.88. The largest absolute Gasteiger partial charge is 0.479 e. The summed E-state index contributed by atoms with van der Waals surface area (Å²) < 4.78 is 5.59. The van der Waals surface area contributed by atoms with Crippen LogP contribution in [-0.2, 0) is 9.59 Å². The van der Waals surface area contributed by atoms with Crippen molar-refractivity contribution in [1.29, 1.82) is 0 Å². The zero-order valence-electron chi connectivity index (χ0n) is 13.8. The predicted octanol–water partition coefficient (Wildman–Crippen LogP) is 3.10. The lowest BCUT2D eigenvalue weighted by Crippen LogP contribution is -2.49. The molecule has 0 spiro atoms. The maximum absolute atomic E-state index is 12.6. The van der Waals surface area contributed by atoms with Crippen LogP contribution >= 0.6 is 11.6 Å². The maximum Gasteiger partial charge on any atom is 0.268 e. The Labute approximate surface area is 142 Å². The van der Waals surface area contributed by atoms with E-state index in [1.54, 1.807) is 30.0 Å². The van der Waals surface area contributed by atoms with Gasteiger partial charge in [-0.25, -0.2) is 0 Å². The maximum atomic E-state index is 12.6. The van der Waals surface area contributed by atoms with Crippen molar-refractivity contribution < 1.29 is 14.3 Å². The summed E-state index contributed by atoms with van der Waals surface area (Å²) in [4.78, 5) is 28.3. The minimum absolute atomic E-state index is 0.0138. The molecule has 1 heterocycles. The van der Waals surface area contributed by atoms with Crippen LogP contribution in [-0.4, -0.2) is 42.5 Å². The fourth-order valence-corrected chi connectivity index (χ4v) is 2.85. The second-order valence-electron chi connectivity index (χ2n) is 5.68. The molecule has 0 saturated carbocycles. The fraction of sp³-hybridized carbons (Fsp3) is 0.529. The fourth-order valence-electron chi connectivity index (χ4n) is 2.68. The summed E-state index contributed by atoms with van der Waals surface area (Å²) in [6, 6.07) is 5.11. The Balaban J connectivity index is 2.25. The summed E-state index contributed by atoms with van der Waals surface area (Å²) >= 11 is 6.04. The van der Waals surface area contributed by atoms with E-state index in [9.17, 15) is 9.59 Å². The molecule has 1 atom stereocenters. The van der Waals surface area contributed by atoms with Crippen LogP contribution in [0.15, 0.2) is 18.2 Å². The second-order valence-corrected chi connectivity index (χ2v) is 6.11. The predicted molar refractivity (Wildman–Crippen MR) is 91.1 cm³/mol. The number of hydrogen-bond donors (Lipinski definition) is 0. The summed E-state index contributed by atoms with van der Waals surface area (Å²) in [5.74, 6) is 0.301. The van der Waals surface area contributed by atoms with E-state index in [4.69, 9.17) is 16.3 Å². The molecule has 0 saturated heterocycles. The Hall–Kier alpha value is -1.75. The van der Waals surface area contributed by atoms with Crippen LogP contribution in [0.1, 0.15) is 33.6 Å².